The minimum Gasteiger partial charge on any atom is -0.492 e. The smallest absolute Gasteiger partial charge is 0.177 e. The van der Waals surface area contributed by atoms with Crippen LogP contribution < -0.4 is 15.4 Å². The van der Waals surface area contributed by atoms with Crippen molar-refractivity contribution in [2.24, 2.45) is 0 Å². The summed E-state index contributed by atoms with van der Waals surface area (Å²) in [5, 5.41) is 10.1. The summed E-state index contributed by atoms with van der Waals surface area (Å²) in [5.41, 5.74) is 6.44. The van der Waals surface area contributed by atoms with E-state index in [1.54, 1.807) is 7.11 Å². The summed E-state index contributed by atoms with van der Waals surface area (Å²) in [7, 11) is 3.75. The summed E-state index contributed by atoms with van der Waals surface area (Å²) >= 11 is 1.43. The maximum atomic E-state index is 9.11. The van der Waals surface area contributed by atoms with Crippen molar-refractivity contribution in [2.45, 2.75) is 19.4 Å². The molecular formula is C13H20N4OS. The third-order valence-corrected chi connectivity index (χ3v) is 4.62. The van der Waals surface area contributed by atoms with Crippen LogP contribution in [0, 0.1) is 11.3 Å². The molecule has 104 valence electrons. The molecule has 2 N–H and O–H groups in total. The SMILES string of the molecule is COc1c(N2CCCN(C)CC2C)sc(C#N)c1N. The Morgan fingerprint density at radius 3 is 2.84 bits per heavy atom. The molecule has 1 fully saturated rings. The second kappa shape index (κ2) is 5.68. The maximum absolute atomic E-state index is 9.11. The lowest BCUT2D eigenvalue weighted by atomic mass is 10.2. The summed E-state index contributed by atoms with van der Waals surface area (Å²) in [5.74, 6) is 0.651. The summed E-state index contributed by atoms with van der Waals surface area (Å²) in [6.45, 7) is 5.26. The van der Waals surface area contributed by atoms with Gasteiger partial charge in [0.15, 0.2) is 5.75 Å². The van der Waals surface area contributed by atoms with Gasteiger partial charge in [-0.15, -0.1) is 11.3 Å². The number of methoxy groups -OCH3 is 1. The fourth-order valence-corrected chi connectivity index (χ4v) is 3.68. The van der Waals surface area contributed by atoms with Crippen molar-refractivity contribution >= 4 is 22.0 Å². The molecule has 1 aliphatic heterocycles. The van der Waals surface area contributed by atoms with Crippen molar-refractivity contribution in [1.29, 1.82) is 5.26 Å². The van der Waals surface area contributed by atoms with Crippen LogP contribution in [0.15, 0.2) is 0 Å². The van der Waals surface area contributed by atoms with Crippen LogP contribution in [0.3, 0.4) is 0 Å². The first-order valence-electron chi connectivity index (χ1n) is 6.40. The molecule has 5 nitrogen and oxygen atoms in total. The van der Waals surface area contributed by atoms with Gasteiger partial charge in [-0.1, -0.05) is 0 Å². The van der Waals surface area contributed by atoms with Crippen molar-refractivity contribution < 1.29 is 4.74 Å². The molecule has 0 spiro atoms. The predicted octanol–water partition coefficient (Wildman–Crippen LogP) is 1.74. The lowest BCUT2D eigenvalue weighted by molar-refractivity contribution is 0.337. The minimum absolute atomic E-state index is 0.381. The van der Waals surface area contributed by atoms with Gasteiger partial charge in [-0.25, -0.2) is 0 Å². The van der Waals surface area contributed by atoms with E-state index in [1.807, 2.05) is 0 Å². The quantitative estimate of drug-likeness (QED) is 0.894. The Labute approximate surface area is 118 Å². The maximum Gasteiger partial charge on any atom is 0.177 e. The number of rotatable bonds is 2. The van der Waals surface area contributed by atoms with Gasteiger partial charge < -0.3 is 20.3 Å². The highest BCUT2D eigenvalue weighted by atomic mass is 32.1. The molecule has 1 saturated heterocycles. The minimum atomic E-state index is 0.381. The second-order valence-electron chi connectivity index (χ2n) is 4.95. The Hall–Kier alpha value is -1.45. The zero-order chi connectivity index (χ0) is 14.0. The normalized spacial score (nSPS) is 20.9. The van der Waals surface area contributed by atoms with Gasteiger partial charge in [0.2, 0.25) is 0 Å². The number of ether oxygens (including phenoxy) is 1. The van der Waals surface area contributed by atoms with Gasteiger partial charge >= 0.3 is 0 Å². The first-order valence-corrected chi connectivity index (χ1v) is 7.21. The van der Waals surface area contributed by atoms with Crippen molar-refractivity contribution in [3.63, 3.8) is 0 Å². The number of nitrogens with zero attached hydrogens (tertiary/aromatic N) is 3. The van der Waals surface area contributed by atoms with Crippen molar-refractivity contribution in [1.82, 2.24) is 4.90 Å². The lowest BCUT2D eigenvalue weighted by Crippen LogP contribution is -2.37. The average Bonchev–Trinajstić information content (AvgIpc) is 2.59. The number of hydrogen-bond acceptors (Lipinski definition) is 6. The van der Waals surface area contributed by atoms with Crippen LogP contribution in [0.1, 0.15) is 18.2 Å². The molecule has 1 aromatic heterocycles. The zero-order valence-corrected chi connectivity index (χ0v) is 12.5. The van der Waals surface area contributed by atoms with Crippen molar-refractivity contribution in [3.05, 3.63) is 4.88 Å². The van der Waals surface area contributed by atoms with Crippen LogP contribution in [0.4, 0.5) is 10.7 Å². The fraction of sp³-hybridized carbons (Fsp3) is 0.615. The third-order valence-electron chi connectivity index (χ3n) is 3.50. The van der Waals surface area contributed by atoms with E-state index >= 15 is 0 Å². The number of likely N-dealkylation sites (N-methyl/N-ethyl adjacent to an activating group) is 1. The summed E-state index contributed by atoms with van der Waals surface area (Å²) in [6.07, 6.45) is 1.10. The van der Waals surface area contributed by atoms with E-state index in [2.05, 4.69) is 29.8 Å². The molecule has 0 aliphatic carbocycles. The van der Waals surface area contributed by atoms with Crippen molar-refractivity contribution in [3.8, 4) is 11.8 Å². The molecular weight excluding hydrogens is 260 g/mol. The molecule has 1 unspecified atom stereocenters. The number of nitriles is 1. The molecule has 6 heteroatoms. The summed E-state index contributed by atoms with van der Waals surface area (Å²) in [4.78, 5) is 5.18. The van der Waals surface area contributed by atoms with Gasteiger partial charge in [-0.05, 0) is 26.9 Å². The molecule has 0 bridgehead atoms. The van der Waals surface area contributed by atoms with Crippen LogP contribution in [0.2, 0.25) is 0 Å². The molecule has 1 aliphatic rings. The average molecular weight is 280 g/mol. The van der Waals surface area contributed by atoms with Crippen molar-refractivity contribution in [2.75, 3.05) is 44.4 Å². The highest BCUT2D eigenvalue weighted by Gasteiger charge is 2.27. The molecule has 1 aromatic rings. The van der Waals surface area contributed by atoms with Crippen LogP contribution in [-0.4, -0.2) is 44.7 Å². The Bertz CT molecular complexity index is 494. The van der Waals surface area contributed by atoms with E-state index in [9.17, 15) is 0 Å². The zero-order valence-electron chi connectivity index (χ0n) is 11.6. The van der Waals surface area contributed by atoms with Gasteiger partial charge in [-0.3, -0.25) is 0 Å². The number of hydrogen-bond donors (Lipinski definition) is 1. The molecule has 0 aromatic carbocycles. The second-order valence-corrected chi connectivity index (χ2v) is 5.95. The number of thiophene rings is 1. The molecule has 2 rings (SSSR count). The highest BCUT2D eigenvalue weighted by Crippen LogP contribution is 2.45. The van der Waals surface area contributed by atoms with E-state index in [4.69, 9.17) is 15.7 Å². The largest absolute Gasteiger partial charge is 0.492 e. The van der Waals surface area contributed by atoms with Gasteiger partial charge in [0, 0.05) is 19.1 Å². The standard InChI is InChI=1S/C13H20N4OS/c1-9-8-16(2)5-4-6-17(9)13-12(18-3)11(15)10(7-14)19-13/h9H,4-6,8,15H2,1-3H3. The Morgan fingerprint density at radius 2 is 2.21 bits per heavy atom. The first-order chi connectivity index (χ1) is 9.08. The fourth-order valence-electron chi connectivity index (χ4n) is 2.56. The van der Waals surface area contributed by atoms with Gasteiger partial charge in [-0.2, -0.15) is 5.26 Å². The van der Waals surface area contributed by atoms with Crippen LogP contribution in [0.25, 0.3) is 0 Å². The Balaban J connectivity index is 2.37. The topological polar surface area (TPSA) is 65.5 Å². The van der Waals surface area contributed by atoms with Crippen LogP contribution >= 0.6 is 11.3 Å². The van der Waals surface area contributed by atoms with Gasteiger partial charge in [0.25, 0.3) is 0 Å². The van der Waals surface area contributed by atoms with E-state index in [0.29, 0.717) is 22.4 Å². The molecule has 0 saturated carbocycles. The van der Waals surface area contributed by atoms with Crippen LogP contribution in [-0.2, 0) is 0 Å². The number of nitrogens with two attached hydrogens (primary N) is 1. The Morgan fingerprint density at radius 1 is 1.47 bits per heavy atom. The van der Waals surface area contributed by atoms with Gasteiger partial charge in [0.1, 0.15) is 21.6 Å². The molecule has 2 heterocycles. The predicted molar refractivity (Wildman–Crippen MR) is 78.9 cm³/mol. The van der Waals surface area contributed by atoms with E-state index < -0.39 is 0 Å². The molecule has 1 atom stereocenters. The lowest BCUT2D eigenvalue weighted by Gasteiger charge is -2.29. The third kappa shape index (κ3) is 2.62. The first kappa shape index (κ1) is 14.0. The number of anilines is 2. The number of nitrogen functional groups attached to an aromatic ring is 1. The van der Waals surface area contributed by atoms with E-state index in [0.717, 1.165) is 31.1 Å². The Kier molecular flexibility index (Phi) is 4.17. The summed E-state index contributed by atoms with van der Waals surface area (Å²) < 4.78 is 5.41. The molecule has 19 heavy (non-hydrogen) atoms. The van der Waals surface area contributed by atoms with Gasteiger partial charge in [0.05, 0.1) is 7.11 Å². The monoisotopic (exact) mass is 280 g/mol. The van der Waals surface area contributed by atoms with E-state index in [1.165, 1.54) is 11.3 Å². The van der Waals surface area contributed by atoms with E-state index in [-0.39, 0.29) is 0 Å². The molecule has 0 radical (unpaired) electrons. The molecule has 0 amide bonds. The summed E-state index contributed by atoms with van der Waals surface area (Å²) in [6, 6.07) is 2.53. The van der Waals surface area contributed by atoms with Crippen LogP contribution in [0.5, 0.6) is 5.75 Å². The highest BCUT2D eigenvalue weighted by molar-refractivity contribution is 7.17.